The van der Waals surface area contributed by atoms with E-state index in [1.165, 1.54) is 4.31 Å². The molecule has 7 heteroatoms. The minimum Gasteiger partial charge on any atom is -0.478 e. The van der Waals surface area contributed by atoms with Gasteiger partial charge in [0.05, 0.1) is 11.9 Å². The Bertz CT molecular complexity index is 920. The summed E-state index contributed by atoms with van der Waals surface area (Å²) in [5, 5.41) is 2.87. The molecule has 138 valence electrons. The largest absolute Gasteiger partial charge is 0.478 e. The van der Waals surface area contributed by atoms with Gasteiger partial charge in [-0.2, -0.15) is 0 Å². The second-order valence-corrected chi connectivity index (χ2v) is 8.47. The molecule has 0 radical (unpaired) electrons. The summed E-state index contributed by atoms with van der Waals surface area (Å²) in [6.07, 6.45) is 0.640. The van der Waals surface area contributed by atoms with Gasteiger partial charge in [0.2, 0.25) is 10.0 Å². The molecule has 6 nitrogen and oxygen atoms in total. The average molecular weight is 374 g/mol. The summed E-state index contributed by atoms with van der Waals surface area (Å²) in [5.41, 5.74) is 3.26. The second kappa shape index (κ2) is 6.99. The Balaban J connectivity index is 1.85. The van der Waals surface area contributed by atoms with Crippen molar-refractivity contribution in [1.29, 1.82) is 0 Å². The Morgan fingerprint density at radius 1 is 1.15 bits per heavy atom. The lowest BCUT2D eigenvalue weighted by Crippen LogP contribution is -2.36. The summed E-state index contributed by atoms with van der Waals surface area (Å²) in [5.74, 6) is 0.0937. The van der Waals surface area contributed by atoms with Crippen molar-refractivity contribution in [3.05, 3.63) is 53.6 Å². The molecular weight excluding hydrogens is 352 g/mol. The van der Waals surface area contributed by atoms with Gasteiger partial charge in [-0.3, -0.25) is 9.10 Å². The van der Waals surface area contributed by atoms with Crippen molar-refractivity contribution < 1.29 is 17.9 Å². The predicted octanol–water partition coefficient (Wildman–Crippen LogP) is 2.86. The molecule has 1 N–H and O–H groups in total. The Labute approximate surface area is 153 Å². The maximum atomic E-state index is 12.7. The van der Waals surface area contributed by atoms with Crippen LogP contribution in [0, 0.1) is 13.8 Å². The number of rotatable bonds is 3. The molecule has 1 amide bonds. The first-order valence-electron chi connectivity index (χ1n) is 8.36. The lowest BCUT2D eigenvalue weighted by molar-refractivity contribution is -0.122. The Morgan fingerprint density at radius 3 is 2.46 bits per heavy atom. The number of para-hydroxylation sites is 2. The number of fused-ring (bicyclic) bond motifs is 1. The highest BCUT2D eigenvalue weighted by molar-refractivity contribution is 7.92. The maximum absolute atomic E-state index is 12.7. The van der Waals surface area contributed by atoms with Crippen molar-refractivity contribution in [3.63, 3.8) is 0 Å². The molecule has 0 aromatic heterocycles. The van der Waals surface area contributed by atoms with Crippen molar-refractivity contribution in [2.75, 3.05) is 22.4 Å². The van der Waals surface area contributed by atoms with Crippen LogP contribution in [0.1, 0.15) is 17.5 Å². The number of anilines is 2. The summed E-state index contributed by atoms with van der Waals surface area (Å²) in [6, 6.07) is 12.7. The third-order valence-electron chi connectivity index (χ3n) is 4.18. The fraction of sp³-hybridized carbons (Fsp3) is 0.316. The number of carbonyl (C=O) groups excluding carboxylic acids is 1. The number of aryl methyl sites for hydroxylation is 2. The first-order chi connectivity index (χ1) is 12.2. The second-order valence-electron chi connectivity index (χ2n) is 6.56. The topological polar surface area (TPSA) is 75.7 Å². The van der Waals surface area contributed by atoms with Crippen LogP contribution in [0.2, 0.25) is 0 Å². The zero-order valence-electron chi connectivity index (χ0n) is 15.0. The van der Waals surface area contributed by atoms with E-state index in [4.69, 9.17) is 4.74 Å². The summed E-state index contributed by atoms with van der Waals surface area (Å²) in [7, 11) is -3.46. The SMILES string of the molecule is Cc1cc(C)cc(NC(=O)[C@@H]2CCN(S(C)(=O)=O)c3ccccc3O2)c1. The van der Waals surface area contributed by atoms with Crippen LogP contribution in [0.5, 0.6) is 5.75 Å². The highest BCUT2D eigenvalue weighted by Gasteiger charge is 2.31. The number of sulfonamides is 1. The van der Waals surface area contributed by atoms with E-state index >= 15 is 0 Å². The van der Waals surface area contributed by atoms with Crippen LogP contribution >= 0.6 is 0 Å². The van der Waals surface area contributed by atoms with Gasteiger partial charge >= 0.3 is 0 Å². The van der Waals surface area contributed by atoms with Crippen LogP contribution in [0.25, 0.3) is 0 Å². The lowest BCUT2D eigenvalue weighted by atomic mass is 10.1. The first kappa shape index (κ1) is 18.3. The molecule has 0 unspecified atom stereocenters. The summed E-state index contributed by atoms with van der Waals surface area (Å²) >= 11 is 0. The zero-order chi connectivity index (χ0) is 18.9. The number of ether oxygens (including phenoxy) is 1. The number of nitrogens with one attached hydrogen (secondary N) is 1. The fourth-order valence-electron chi connectivity index (χ4n) is 3.13. The van der Waals surface area contributed by atoms with E-state index < -0.39 is 16.1 Å². The third kappa shape index (κ3) is 3.99. The number of hydrogen-bond donors (Lipinski definition) is 1. The maximum Gasteiger partial charge on any atom is 0.265 e. The summed E-state index contributed by atoms with van der Waals surface area (Å²) in [6.45, 7) is 4.11. The molecule has 3 rings (SSSR count). The van der Waals surface area contributed by atoms with Crippen LogP contribution in [0.3, 0.4) is 0 Å². The van der Waals surface area contributed by atoms with Crippen LogP contribution in [-0.2, 0) is 14.8 Å². The van der Waals surface area contributed by atoms with E-state index in [0.29, 0.717) is 17.1 Å². The quantitative estimate of drug-likeness (QED) is 0.896. The van der Waals surface area contributed by atoms with Gasteiger partial charge in [0.1, 0.15) is 5.75 Å². The standard InChI is InChI=1S/C19H22N2O4S/c1-13-10-14(2)12-15(11-13)20-19(22)18-8-9-21(26(3,23)24)16-6-4-5-7-17(16)25-18/h4-7,10-12,18H,8-9H2,1-3H3,(H,20,22)/t18-/m0/s1. The number of carbonyl (C=O) groups is 1. The molecule has 0 bridgehead atoms. The minimum atomic E-state index is -3.46. The minimum absolute atomic E-state index is 0.181. The predicted molar refractivity (Wildman–Crippen MR) is 102 cm³/mol. The highest BCUT2D eigenvalue weighted by atomic mass is 32.2. The molecule has 0 aliphatic carbocycles. The van der Waals surface area contributed by atoms with Crippen LogP contribution < -0.4 is 14.4 Å². The number of nitrogens with zero attached hydrogens (tertiary/aromatic N) is 1. The van der Waals surface area contributed by atoms with E-state index in [0.717, 1.165) is 17.4 Å². The van der Waals surface area contributed by atoms with Crippen molar-refractivity contribution >= 4 is 27.3 Å². The van der Waals surface area contributed by atoms with Gasteiger partial charge in [0, 0.05) is 18.7 Å². The van der Waals surface area contributed by atoms with E-state index in [-0.39, 0.29) is 18.9 Å². The lowest BCUT2D eigenvalue weighted by Gasteiger charge is -2.20. The molecule has 2 aromatic rings. The average Bonchev–Trinajstić information content (AvgIpc) is 2.73. The smallest absolute Gasteiger partial charge is 0.265 e. The van der Waals surface area contributed by atoms with Gasteiger partial charge in [-0.05, 0) is 49.2 Å². The van der Waals surface area contributed by atoms with Gasteiger partial charge < -0.3 is 10.1 Å². The van der Waals surface area contributed by atoms with Crippen LogP contribution in [0.4, 0.5) is 11.4 Å². The molecule has 1 atom stereocenters. The van der Waals surface area contributed by atoms with Gasteiger partial charge in [-0.25, -0.2) is 8.42 Å². The van der Waals surface area contributed by atoms with Crippen LogP contribution in [0.15, 0.2) is 42.5 Å². The molecule has 0 saturated heterocycles. The Kier molecular flexibility index (Phi) is 4.91. The summed E-state index contributed by atoms with van der Waals surface area (Å²) < 4.78 is 31.4. The fourth-order valence-corrected chi connectivity index (χ4v) is 4.07. The van der Waals surface area contributed by atoms with E-state index in [1.54, 1.807) is 24.3 Å². The van der Waals surface area contributed by atoms with Crippen LogP contribution in [-0.4, -0.2) is 33.2 Å². The van der Waals surface area contributed by atoms with E-state index in [1.807, 2.05) is 32.0 Å². The van der Waals surface area contributed by atoms with Gasteiger partial charge in [-0.15, -0.1) is 0 Å². The molecule has 1 aliphatic heterocycles. The molecule has 0 saturated carbocycles. The van der Waals surface area contributed by atoms with Gasteiger partial charge in [-0.1, -0.05) is 18.2 Å². The Morgan fingerprint density at radius 2 is 1.81 bits per heavy atom. The van der Waals surface area contributed by atoms with Crippen molar-refractivity contribution in [2.24, 2.45) is 0 Å². The first-order valence-corrected chi connectivity index (χ1v) is 10.2. The molecule has 26 heavy (non-hydrogen) atoms. The van der Waals surface area contributed by atoms with Crippen molar-refractivity contribution in [2.45, 2.75) is 26.4 Å². The monoisotopic (exact) mass is 374 g/mol. The highest BCUT2D eigenvalue weighted by Crippen LogP contribution is 2.34. The molecular formula is C19H22N2O4S. The molecule has 0 fully saturated rings. The number of amides is 1. The van der Waals surface area contributed by atoms with E-state index in [9.17, 15) is 13.2 Å². The summed E-state index contributed by atoms with van der Waals surface area (Å²) in [4.78, 5) is 12.7. The van der Waals surface area contributed by atoms with Crippen molar-refractivity contribution in [1.82, 2.24) is 0 Å². The zero-order valence-corrected chi connectivity index (χ0v) is 15.8. The Hall–Kier alpha value is -2.54. The normalized spacial score (nSPS) is 17.0. The van der Waals surface area contributed by atoms with Crippen molar-refractivity contribution in [3.8, 4) is 5.75 Å². The van der Waals surface area contributed by atoms with E-state index in [2.05, 4.69) is 5.32 Å². The van der Waals surface area contributed by atoms with Gasteiger partial charge in [0.15, 0.2) is 6.10 Å². The number of benzene rings is 2. The molecule has 1 heterocycles. The molecule has 1 aliphatic rings. The molecule has 0 spiro atoms. The van der Waals surface area contributed by atoms with Gasteiger partial charge in [0.25, 0.3) is 5.91 Å². The number of hydrogen-bond acceptors (Lipinski definition) is 4. The molecule has 2 aromatic carbocycles. The third-order valence-corrected chi connectivity index (χ3v) is 5.36.